The van der Waals surface area contributed by atoms with Gasteiger partial charge in [-0.2, -0.15) is 26.3 Å². The van der Waals surface area contributed by atoms with Crippen LogP contribution in [0, 0.1) is 0 Å². The van der Waals surface area contributed by atoms with Crippen LogP contribution in [0.5, 0.6) is 0 Å². The minimum Gasteiger partial charge on any atom is -0.611 e. The molecule has 144 valence electrons. The van der Waals surface area contributed by atoms with Crippen molar-refractivity contribution in [2.24, 2.45) is 4.99 Å². The molecule has 1 aromatic rings. The van der Waals surface area contributed by atoms with Crippen LogP contribution in [0.4, 0.5) is 32.0 Å². The summed E-state index contributed by atoms with van der Waals surface area (Å²) in [6.45, 7) is -1.53. The second-order valence-corrected chi connectivity index (χ2v) is 7.77. The molecule has 0 bridgehead atoms. The topological polar surface area (TPSA) is 55.7 Å². The molecule has 13 heteroatoms. The Labute approximate surface area is 155 Å². The van der Waals surface area contributed by atoms with Gasteiger partial charge in [0.05, 0.1) is 16.5 Å². The third kappa shape index (κ3) is 5.96. The van der Waals surface area contributed by atoms with Gasteiger partial charge in [-0.05, 0) is 23.3 Å². The molecule has 1 aromatic carbocycles. The number of carbonyl (C=O) groups excluding carboxylic acids is 1. The van der Waals surface area contributed by atoms with Crippen LogP contribution in [0.2, 0.25) is 5.02 Å². The lowest BCUT2D eigenvalue weighted by Gasteiger charge is -2.18. The lowest BCUT2D eigenvalue weighted by atomic mass is 10.3. The zero-order valence-electron chi connectivity index (χ0n) is 12.5. The molecule has 1 heterocycles. The molecule has 1 saturated heterocycles. The molecule has 1 atom stereocenters. The maximum atomic E-state index is 12.6. The number of hydrogen-bond acceptors (Lipinski definition) is 4. The van der Waals surface area contributed by atoms with Gasteiger partial charge in [-0.1, -0.05) is 23.4 Å². The Morgan fingerprint density at radius 2 is 1.88 bits per heavy atom. The van der Waals surface area contributed by atoms with E-state index in [9.17, 15) is 35.7 Å². The van der Waals surface area contributed by atoms with Crippen molar-refractivity contribution in [1.82, 2.24) is 4.90 Å². The van der Waals surface area contributed by atoms with Gasteiger partial charge in [-0.15, -0.1) is 0 Å². The van der Waals surface area contributed by atoms with Crippen molar-refractivity contribution < 1.29 is 35.7 Å². The average Bonchev–Trinajstić information content (AvgIpc) is 2.78. The molecule has 1 unspecified atom stereocenters. The molecule has 0 aromatic heterocycles. The van der Waals surface area contributed by atoms with Crippen molar-refractivity contribution in [1.29, 1.82) is 0 Å². The zero-order chi connectivity index (χ0) is 19.7. The molecule has 26 heavy (non-hydrogen) atoms. The van der Waals surface area contributed by atoms with E-state index in [4.69, 9.17) is 11.6 Å². The number of carbonyl (C=O) groups is 1. The van der Waals surface area contributed by atoms with Gasteiger partial charge in [0.1, 0.15) is 6.54 Å². The Morgan fingerprint density at radius 1 is 1.23 bits per heavy atom. The summed E-state index contributed by atoms with van der Waals surface area (Å²) in [5.41, 5.74) is -0.0655. The summed E-state index contributed by atoms with van der Waals surface area (Å²) in [6.07, 6.45) is -9.33. The molecule has 4 nitrogen and oxygen atoms in total. The van der Waals surface area contributed by atoms with Crippen molar-refractivity contribution >= 4 is 51.3 Å². The lowest BCUT2D eigenvalue weighted by Crippen LogP contribution is -2.38. The van der Waals surface area contributed by atoms with Crippen molar-refractivity contribution in [2.75, 3.05) is 18.1 Å². The first-order chi connectivity index (χ1) is 11.9. The van der Waals surface area contributed by atoms with Crippen molar-refractivity contribution in [2.45, 2.75) is 17.2 Å². The fourth-order valence-electron chi connectivity index (χ4n) is 1.89. The molecular weight excluding hydrogens is 430 g/mol. The highest BCUT2D eigenvalue weighted by atomic mass is 35.5. The maximum absolute atomic E-state index is 12.6. The number of amides is 1. The van der Waals surface area contributed by atoms with Gasteiger partial charge >= 0.3 is 12.4 Å². The van der Waals surface area contributed by atoms with Crippen LogP contribution in [-0.2, 0) is 16.0 Å². The van der Waals surface area contributed by atoms with Crippen LogP contribution in [0.1, 0.15) is 0 Å². The molecule has 1 aliphatic rings. The average molecular weight is 439 g/mol. The van der Waals surface area contributed by atoms with Crippen LogP contribution in [0.15, 0.2) is 28.1 Å². The minimum atomic E-state index is -4.69. The fraction of sp³-hybridized carbons (Fsp3) is 0.385. The molecule has 0 aliphatic carbocycles. The van der Waals surface area contributed by atoms with E-state index in [2.05, 4.69) is 4.99 Å². The number of halogens is 7. The molecule has 0 N–H and O–H groups in total. The third-order valence-electron chi connectivity index (χ3n) is 2.87. The van der Waals surface area contributed by atoms with Gasteiger partial charge in [0.25, 0.3) is 0 Å². The summed E-state index contributed by atoms with van der Waals surface area (Å²) in [5, 5.41) is -0.443. The zero-order valence-corrected chi connectivity index (χ0v) is 14.9. The van der Waals surface area contributed by atoms with E-state index in [1.807, 2.05) is 0 Å². The third-order valence-corrected chi connectivity index (χ3v) is 5.69. The smallest absolute Gasteiger partial charge is 0.433 e. The molecule has 2 rings (SSSR count). The van der Waals surface area contributed by atoms with Crippen molar-refractivity contribution in [3.05, 3.63) is 23.2 Å². The lowest BCUT2D eigenvalue weighted by molar-refractivity contribution is -0.150. The summed E-state index contributed by atoms with van der Waals surface area (Å²) in [7, 11) is 0. The number of aliphatic imine (C=N–C) groups is 1. The molecule has 1 aliphatic heterocycles. The molecule has 1 amide bonds. The van der Waals surface area contributed by atoms with E-state index in [0.29, 0.717) is 4.90 Å². The number of alkyl halides is 6. The number of thioether (sulfide) groups is 1. The van der Waals surface area contributed by atoms with Crippen LogP contribution >= 0.6 is 23.4 Å². The number of nitrogens with zero attached hydrogens (tertiary/aromatic N) is 2. The Hall–Kier alpha value is -1.11. The van der Waals surface area contributed by atoms with Crippen LogP contribution in [-0.4, -0.2) is 50.9 Å². The Bertz CT molecular complexity index is 726. The second-order valence-electron chi connectivity index (χ2n) is 5.00. The summed E-state index contributed by atoms with van der Waals surface area (Å²) in [4.78, 5) is 15.5. The van der Waals surface area contributed by atoms with E-state index < -0.39 is 41.7 Å². The van der Waals surface area contributed by atoms with Crippen LogP contribution < -0.4 is 0 Å². The fourth-order valence-corrected chi connectivity index (χ4v) is 4.16. The monoisotopic (exact) mass is 438 g/mol. The first kappa shape index (κ1) is 21.2. The highest BCUT2D eigenvalue weighted by Gasteiger charge is 2.39. The minimum absolute atomic E-state index is 0.0655. The standard InChI is InChI=1S/C13H9ClF6N2O2S2/c14-8-2-1-7(3-9(8)26(24)6-13(18,19)20)21-11-22(5-12(15,16)17)10(23)4-25-11/h1-3H,4-6H2/b21-11-. The first-order valence-corrected chi connectivity index (χ1v) is 9.37. The summed E-state index contributed by atoms with van der Waals surface area (Å²) < 4.78 is 86.6. The van der Waals surface area contributed by atoms with E-state index in [1.54, 1.807) is 0 Å². The van der Waals surface area contributed by atoms with Gasteiger partial charge in [-0.25, -0.2) is 4.99 Å². The van der Waals surface area contributed by atoms with Crippen LogP contribution in [0.3, 0.4) is 0 Å². The summed E-state index contributed by atoms with van der Waals surface area (Å²) >= 11 is 4.01. The summed E-state index contributed by atoms with van der Waals surface area (Å²) in [6, 6.07) is 3.37. The number of hydrogen-bond donors (Lipinski definition) is 0. The van der Waals surface area contributed by atoms with E-state index in [-0.39, 0.29) is 26.5 Å². The van der Waals surface area contributed by atoms with Crippen molar-refractivity contribution in [3.8, 4) is 0 Å². The van der Waals surface area contributed by atoms with Crippen LogP contribution in [0.25, 0.3) is 0 Å². The van der Waals surface area contributed by atoms with E-state index in [0.717, 1.165) is 23.9 Å². The first-order valence-electron chi connectivity index (χ1n) is 6.69. The van der Waals surface area contributed by atoms with Gasteiger partial charge in [0.2, 0.25) is 11.7 Å². The number of amidine groups is 1. The van der Waals surface area contributed by atoms with Gasteiger partial charge < -0.3 is 4.55 Å². The summed E-state index contributed by atoms with van der Waals surface area (Å²) in [5.74, 6) is -2.66. The molecular formula is C13H9ClF6N2O2S2. The highest BCUT2D eigenvalue weighted by molar-refractivity contribution is 8.15. The molecule has 1 fully saturated rings. The maximum Gasteiger partial charge on any atom is 0.433 e. The molecule has 0 spiro atoms. The molecule has 0 radical (unpaired) electrons. The molecule has 0 saturated carbocycles. The predicted molar refractivity (Wildman–Crippen MR) is 86.1 cm³/mol. The largest absolute Gasteiger partial charge is 0.611 e. The van der Waals surface area contributed by atoms with Gasteiger partial charge in [0, 0.05) is 6.07 Å². The number of benzene rings is 1. The predicted octanol–water partition coefficient (Wildman–Crippen LogP) is 4.14. The Morgan fingerprint density at radius 3 is 2.46 bits per heavy atom. The Balaban J connectivity index is 2.30. The number of rotatable bonds is 4. The SMILES string of the molecule is O=C1CS/C(=N\c2ccc(Cl)c([S+]([O-])CC(F)(F)F)c2)N1CC(F)(F)F. The van der Waals surface area contributed by atoms with E-state index in [1.165, 1.54) is 6.07 Å². The normalized spacial score (nSPS) is 18.7. The van der Waals surface area contributed by atoms with Crippen molar-refractivity contribution in [3.63, 3.8) is 0 Å². The van der Waals surface area contributed by atoms with Gasteiger partial charge in [-0.3, -0.25) is 9.69 Å². The Kier molecular flexibility index (Phi) is 6.41. The van der Waals surface area contributed by atoms with E-state index >= 15 is 0 Å². The second kappa shape index (κ2) is 7.87. The van der Waals surface area contributed by atoms with Gasteiger partial charge in [0.15, 0.2) is 10.1 Å². The highest BCUT2D eigenvalue weighted by Crippen LogP contribution is 2.32. The quantitative estimate of drug-likeness (QED) is 0.524.